The topological polar surface area (TPSA) is 0 Å². The maximum absolute atomic E-state index is 4.17. The zero-order valence-corrected chi connectivity index (χ0v) is 19.5. The van der Waals surface area contributed by atoms with Crippen LogP contribution in [0.3, 0.4) is 0 Å². The predicted molar refractivity (Wildman–Crippen MR) is 129 cm³/mol. The minimum Gasteiger partial charge on any atom is -0.102 e. The first-order valence-corrected chi connectivity index (χ1v) is 12.8. The average Bonchev–Trinajstić information content (AvgIpc) is 2.73. The second-order valence-corrected chi connectivity index (χ2v) is 9.20. The normalized spacial score (nSPS) is 19.0. The molecule has 1 rings (SSSR count). The Balaban J connectivity index is 2.10. The van der Waals surface area contributed by atoms with E-state index < -0.39 is 0 Å². The van der Waals surface area contributed by atoms with Crippen LogP contribution >= 0.6 is 0 Å². The van der Waals surface area contributed by atoms with Gasteiger partial charge in [0.05, 0.1) is 0 Å². The summed E-state index contributed by atoms with van der Waals surface area (Å²) in [5.41, 5.74) is 1.81. The van der Waals surface area contributed by atoms with Crippen LogP contribution in [0.15, 0.2) is 36.5 Å². The molecule has 0 bridgehead atoms. The van der Waals surface area contributed by atoms with E-state index in [-0.39, 0.29) is 5.41 Å². The van der Waals surface area contributed by atoms with Crippen molar-refractivity contribution in [3.05, 3.63) is 36.5 Å². The monoisotopic (exact) mass is 386 g/mol. The Labute approximate surface area is 178 Å². The Hall–Kier alpha value is -0.780. The summed E-state index contributed by atoms with van der Waals surface area (Å²) in [6.45, 7) is 8.75. The van der Waals surface area contributed by atoms with Crippen LogP contribution in [-0.4, -0.2) is 0 Å². The van der Waals surface area contributed by atoms with E-state index in [1.807, 2.05) is 0 Å². The van der Waals surface area contributed by atoms with E-state index in [1.165, 1.54) is 122 Å². The van der Waals surface area contributed by atoms with Crippen molar-refractivity contribution in [3.63, 3.8) is 0 Å². The molecule has 0 saturated heterocycles. The Kier molecular flexibility index (Phi) is 15.4. The summed E-state index contributed by atoms with van der Waals surface area (Å²) in [4.78, 5) is 0. The molecule has 1 atom stereocenters. The van der Waals surface area contributed by atoms with Gasteiger partial charge in [0.25, 0.3) is 0 Å². The summed E-state index contributed by atoms with van der Waals surface area (Å²) < 4.78 is 0. The average molecular weight is 387 g/mol. The molecule has 162 valence electrons. The molecule has 0 aromatic heterocycles. The number of unbranched alkanes of at least 4 members (excludes halogenated alkanes) is 14. The highest BCUT2D eigenvalue weighted by Gasteiger charge is 2.23. The SMILES string of the molecule is C=CC1(CCCCCCCCCC)C=CC(CCCCCCCCCC)=CC1. The van der Waals surface area contributed by atoms with E-state index in [2.05, 4.69) is 44.7 Å². The fraction of sp³-hybridized carbons (Fsp3) is 0.786. The van der Waals surface area contributed by atoms with Crippen LogP contribution in [0, 0.1) is 5.41 Å². The quantitative estimate of drug-likeness (QED) is 0.153. The van der Waals surface area contributed by atoms with E-state index >= 15 is 0 Å². The van der Waals surface area contributed by atoms with Gasteiger partial charge in [0.2, 0.25) is 0 Å². The van der Waals surface area contributed by atoms with E-state index in [9.17, 15) is 0 Å². The third kappa shape index (κ3) is 11.9. The van der Waals surface area contributed by atoms with Gasteiger partial charge >= 0.3 is 0 Å². The maximum atomic E-state index is 4.17. The first-order valence-electron chi connectivity index (χ1n) is 12.8. The molecule has 0 spiro atoms. The van der Waals surface area contributed by atoms with Crippen LogP contribution in [0.4, 0.5) is 0 Å². The summed E-state index contributed by atoms with van der Waals surface area (Å²) in [6, 6.07) is 0. The molecule has 0 amide bonds. The second-order valence-electron chi connectivity index (χ2n) is 9.20. The van der Waals surface area contributed by atoms with Crippen molar-refractivity contribution in [2.75, 3.05) is 0 Å². The molecule has 0 saturated carbocycles. The number of rotatable bonds is 19. The van der Waals surface area contributed by atoms with Crippen molar-refractivity contribution < 1.29 is 0 Å². The van der Waals surface area contributed by atoms with Crippen molar-refractivity contribution in [2.45, 2.75) is 136 Å². The van der Waals surface area contributed by atoms with Gasteiger partial charge in [-0.2, -0.15) is 0 Å². The van der Waals surface area contributed by atoms with Crippen molar-refractivity contribution in [1.29, 1.82) is 0 Å². The Morgan fingerprint density at radius 2 is 1.25 bits per heavy atom. The predicted octanol–water partition coefficient (Wildman–Crippen LogP) is 10.1. The highest BCUT2D eigenvalue weighted by molar-refractivity contribution is 5.29. The van der Waals surface area contributed by atoms with E-state index in [4.69, 9.17) is 0 Å². The fourth-order valence-corrected chi connectivity index (χ4v) is 4.41. The third-order valence-electron chi connectivity index (χ3n) is 6.59. The van der Waals surface area contributed by atoms with Gasteiger partial charge in [-0.05, 0) is 25.7 Å². The molecule has 0 N–H and O–H groups in total. The molecule has 0 aliphatic heterocycles. The number of hydrogen-bond donors (Lipinski definition) is 0. The highest BCUT2D eigenvalue weighted by Crippen LogP contribution is 2.37. The minimum atomic E-state index is 0.241. The van der Waals surface area contributed by atoms with Crippen molar-refractivity contribution in [1.82, 2.24) is 0 Å². The smallest absolute Gasteiger partial charge is 0.00962 e. The molecule has 0 aromatic rings. The van der Waals surface area contributed by atoms with Crippen LogP contribution in [0.5, 0.6) is 0 Å². The van der Waals surface area contributed by atoms with Gasteiger partial charge in [-0.25, -0.2) is 0 Å². The lowest BCUT2D eigenvalue weighted by molar-refractivity contribution is 0.418. The lowest BCUT2D eigenvalue weighted by Crippen LogP contribution is -2.16. The molecule has 0 radical (unpaired) electrons. The molecular weight excluding hydrogens is 336 g/mol. The van der Waals surface area contributed by atoms with Gasteiger partial charge in [0.15, 0.2) is 0 Å². The zero-order chi connectivity index (χ0) is 20.3. The lowest BCUT2D eigenvalue weighted by Gasteiger charge is -2.29. The van der Waals surface area contributed by atoms with Crippen molar-refractivity contribution >= 4 is 0 Å². The molecule has 1 aliphatic carbocycles. The maximum Gasteiger partial charge on any atom is 0.00962 e. The van der Waals surface area contributed by atoms with Crippen molar-refractivity contribution in [2.24, 2.45) is 5.41 Å². The van der Waals surface area contributed by atoms with Crippen LogP contribution in [0.25, 0.3) is 0 Å². The lowest BCUT2D eigenvalue weighted by atomic mass is 9.75. The zero-order valence-electron chi connectivity index (χ0n) is 19.5. The molecule has 0 heteroatoms. The van der Waals surface area contributed by atoms with Crippen LogP contribution in [0.2, 0.25) is 0 Å². The van der Waals surface area contributed by atoms with E-state index in [1.54, 1.807) is 5.57 Å². The van der Waals surface area contributed by atoms with Gasteiger partial charge in [0, 0.05) is 5.41 Å². The van der Waals surface area contributed by atoms with Gasteiger partial charge in [-0.15, -0.1) is 6.58 Å². The summed E-state index contributed by atoms with van der Waals surface area (Å²) in [5, 5.41) is 0. The largest absolute Gasteiger partial charge is 0.102 e. The Morgan fingerprint density at radius 3 is 1.71 bits per heavy atom. The fourth-order valence-electron chi connectivity index (χ4n) is 4.41. The summed E-state index contributed by atoms with van der Waals surface area (Å²) >= 11 is 0. The molecule has 0 aromatic carbocycles. The summed E-state index contributed by atoms with van der Waals surface area (Å²) in [5.74, 6) is 0. The molecule has 1 unspecified atom stereocenters. The first-order chi connectivity index (χ1) is 13.8. The summed E-state index contributed by atoms with van der Waals surface area (Å²) in [7, 11) is 0. The molecule has 0 fully saturated rings. The molecule has 0 nitrogen and oxygen atoms in total. The molecular formula is C28H50. The number of hydrogen-bond acceptors (Lipinski definition) is 0. The van der Waals surface area contributed by atoms with Gasteiger partial charge < -0.3 is 0 Å². The summed E-state index contributed by atoms with van der Waals surface area (Å²) in [6.07, 6.45) is 35.9. The van der Waals surface area contributed by atoms with Crippen LogP contribution < -0.4 is 0 Å². The first kappa shape index (κ1) is 25.3. The third-order valence-corrected chi connectivity index (χ3v) is 6.59. The van der Waals surface area contributed by atoms with Gasteiger partial charge in [-0.1, -0.05) is 140 Å². The van der Waals surface area contributed by atoms with Crippen LogP contribution in [0.1, 0.15) is 136 Å². The Bertz CT molecular complexity index is 427. The van der Waals surface area contributed by atoms with Gasteiger partial charge in [-0.3, -0.25) is 0 Å². The minimum absolute atomic E-state index is 0.241. The standard InChI is InChI=1S/C28H50/c1-4-7-9-11-13-15-17-19-21-27-22-25-28(6-3,26-23-27)24-20-18-16-14-12-10-8-5-2/h6,22-23,25H,3-5,7-21,24,26H2,1-2H3. The van der Waals surface area contributed by atoms with Crippen LogP contribution in [-0.2, 0) is 0 Å². The highest BCUT2D eigenvalue weighted by atomic mass is 14.3. The Morgan fingerprint density at radius 1 is 0.750 bits per heavy atom. The van der Waals surface area contributed by atoms with Crippen molar-refractivity contribution in [3.8, 4) is 0 Å². The van der Waals surface area contributed by atoms with E-state index in [0.29, 0.717) is 0 Å². The molecule has 0 heterocycles. The second kappa shape index (κ2) is 17.1. The molecule has 28 heavy (non-hydrogen) atoms. The van der Waals surface area contributed by atoms with Gasteiger partial charge in [0.1, 0.15) is 0 Å². The molecule has 1 aliphatic rings. The number of allylic oxidation sites excluding steroid dienone is 5. The van der Waals surface area contributed by atoms with E-state index in [0.717, 1.165) is 0 Å².